The van der Waals surface area contributed by atoms with E-state index in [2.05, 4.69) is 15.3 Å². The van der Waals surface area contributed by atoms with Gasteiger partial charge in [0.1, 0.15) is 11.8 Å². The number of hydrogen-bond acceptors (Lipinski definition) is 5. The van der Waals surface area contributed by atoms with Crippen molar-refractivity contribution in [3.63, 3.8) is 0 Å². The molecule has 184 valence electrons. The fourth-order valence-electron chi connectivity index (χ4n) is 3.54. The fourth-order valence-corrected chi connectivity index (χ4v) is 3.54. The van der Waals surface area contributed by atoms with Crippen LogP contribution in [0.15, 0.2) is 64.8 Å². The minimum atomic E-state index is -4.98. The van der Waals surface area contributed by atoms with E-state index in [1.165, 1.54) is 9.96 Å². The van der Waals surface area contributed by atoms with E-state index >= 15 is 0 Å². The van der Waals surface area contributed by atoms with Gasteiger partial charge in [0.05, 0.1) is 33.9 Å². The average Bonchev–Trinajstić information content (AvgIpc) is 3.30. The van der Waals surface area contributed by atoms with Gasteiger partial charge < -0.3 is 0 Å². The Kier molecular flexibility index (Phi) is 6.18. The number of halogens is 6. The second-order valence-electron chi connectivity index (χ2n) is 7.87. The van der Waals surface area contributed by atoms with Crippen molar-refractivity contribution in [3.05, 3.63) is 82.7 Å². The lowest BCUT2D eigenvalue weighted by Gasteiger charge is -2.22. The van der Waals surface area contributed by atoms with Gasteiger partial charge in [0.15, 0.2) is 0 Å². The Bertz CT molecular complexity index is 1260. The molecule has 6 nitrogen and oxygen atoms in total. The van der Waals surface area contributed by atoms with Gasteiger partial charge in [0, 0.05) is 5.56 Å². The van der Waals surface area contributed by atoms with Crippen LogP contribution in [0, 0.1) is 13.8 Å². The van der Waals surface area contributed by atoms with Gasteiger partial charge >= 0.3 is 12.4 Å². The van der Waals surface area contributed by atoms with Gasteiger partial charge in [-0.3, -0.25) is 0 Å². The lowest BCUT2D eigenvalue weighted by atomic mass is 10.1. The quantitative estimate of drug-likeness (QED) is 0.283. The highest BCUT2D eigenvalue weighted by molar-refractivity contribution is 5.72. The third-order valence-corrected chi connectivity index (χ3v) is 5.17. The van der Waals surface area contributed by atoms with Crippen LogP contribution in [-0.2, 0) is 17.2 Å². The molecule has 1 unspecified atom stereocenters. The highest BCUT2D eigenvalue weighted by Gasteiger charge is 2.37. The number of hydrogen-bond donors (Lipinski definition) is 0. The molecule has 0 radical (unpaired) electrons. The molecule has 0 spiro atoms. The molecule has 0 N–H and O–H groups in total. The maximum Gasteiger partial charge on any atom is 0.416 e. The standard InChI is InChI=1S/C23H19F6N5O/c1-13-9-20(16-7-5-4-6-8-16)34(35-13)33-15(3)21(14(2)32-33)31-30-19-11-17(22(24,25)26)10-18(12-19)23(27,28)29/h4-13H,1-3H3. The zero-order valence-electron chi connectivity index (χ0n) is 18.7. The zero-order chi connectivity index (χ0) is 25.5. The summed E-state index contributed by atoms with van der Waals surface area (Å²) in [6, 6.07) is 10.4. The van der Waals surface area contributed by atoms with Gasteiger partial charge in [-0.25, -0.2) is 4.84 Å². The summed E-state index contributed by atoms with van der Waals surface area (Å²) in [7, 11) is 0. The van der Waals surface area contributed by atoms with Gasteiger partial charge in [-0.15, -0.1) is 15.1 Å². The molecule has 0 fully saturated rings. The van der Waals surface area contributed by atoms with E-state index in [0.717, 1.165) is 5.56 Å². The fraction of sp³-hybridized carbons (Fsp3) is 0.261. The van der Waals surface area contributed by atoms with Gasteiger partial charge in [0.2, 0.25) is 0 Å². The number of rotatable bonds is 4. The Labute approximate surface area is 196 Å². The van der Waals surface area contributed by atoms with Crippen LogP contribution in [0.1, 0.15) is 35.0 Å². The van der Waals surface area contributed by atoms with E-state index in [4.69, 9.17) is 4.84 Å². The van der Waals surface area contributed by atoms with Crippen LogP contribution in [0.3, 0.4) is 0 Å². The van der Waals surface area contributed by atoms with E-state index in [0.29, 0.717) is 29.2 Å². The van der Waals surface area contributed by atoms with Crippen LogP contribution in [0.2, 0.25) is 0 Å². The largest absolute Gasteiger partial charge is 0.416 e. The number of aryl methyl sites for hydroxylation is 1. The van der Waals surface area contributed by atoms with Crippen LogP contribution < -0.4 is 5.17 Å². The number of aromatic nitrogens is 2. The summed E-state index contributed by atoms with van der Waals surface area (Å²) in [6.45, 7) is 5.06. The minimum Gasteiger partial charge on any atom is -0.245 e. The Morgan fingerprint density at radius 2 is 1.49 bits per heavy atom. The Hall–Kier alpha value is -3.67. The van der Waals surface area contributed by atoms with Crippen LogP contribution in [0.5, 0.6) is 0 Å². The highest BCUT2D eigenvalue weighted by atomic mass is 19.4. The van der Waals surface area contributed by atoms with Crippen molar-refractivity contribution < 1.29 is 31.2 Å². The maximum atomic E-state index is 13.1. The molecule has 1 aliphatic heterocycles. The van der Waals surface area contributed by atoms with Crippen molar-refractivity contribution in [2.45, 2.75) is 39.2 Å². The Morgan fingerprint density at radius 3 is 2.06 bits per heavy atom. The molecule has 0 bridgehead atoms. The summed E-state index contributed by atoms with van der Waals surface area (Å²) in [5, 5.41) is 13.5. The predicted molar refractivity (Wildman–Crippen MR) is 116 cm³/mol. The molecule has 2 heterocycles. The van der Waals surface area contributed by atoms with Crippen molar-refractivity contribution in [2.75, 3.05) is 5.17 Å². The first kappa shape index (κ1) is 24.5. The summed E-state index contributed by atoms with van der Waals surface area (Å²) >= 11 is 0. The molecule has 1 atom stereocenters. The van der Waals surface area contributed by atoms with Crippen LogP contribution in [0.4, 0.5) is 37.7 Å². The normalized spacial score (nSPS) is 16.9. The molecule has 1 aliphatic rings. The molecule has 0 amide bonds. The lowest BCUT2D eigenvalue weighted by molar-refractivity contribution is -0.143. The zero-order valence-corrected chi connectivity index (χ0v) is 18.7. The second kappa shape index (κ2) is 8.84. The molecular weight excluding hydrogens is 476 g/mol. The smallest absolute Gasteiger partial charge is 0.245 e. The van der Waals surface area contributed by atoms with E-state index < -0.39 is 29.2 Å². The molecule has 35 heavy (non-hydrogen) atoms. The van der Waals surface area contributed by atoms with Crippen molar-refractivity contribution in [1.29, 1.82) is 0 Å². The van der Waals surface area contributed by atoms with E-state index in [9.17, 15) is 26.3 Å². The van der Waals surface area contributed by atoms with Crippen molar-refractivity contribution in [1.82, 2.24) is 9.89 Å². The monoisotopic (exact) mass is 495 g/mol. The van der Waals surface area contributed by atoms with Crippen LogP contribution >= 0.6 is 0 Å². The maximum absolute atomic E-state index is 13.1. The number of hydroxylamine groups is 1. The topological polar surface area (TPSA) is 55.0 Å². The summed E-state index contributed by atoms with van der Waals surface area (Å²) in [5.41, 5.74) is -1.00. The highest BCUT2D eigenvalue weighted by Crippen LogP contribution is 2.39. The van der Waals surface area contributed by atoms with Gasteiger partial charge in [-0.05, 0) is 45.0 Å². The average molecular weight is 495 g/mol. The number of azo groups is 1. The molecule has 0 saturated heterocycles. The molecule has 0 saturated carbocycles. The minimum absolute atomic E-state index is 0.0386. The summed E-state index contributed by atoms with van der Waals surface area (Å²) < 4.78 is 78.8. The molecule has 3 aromatic rings. The number of nitrogens with zero attached hydrogens (tertiary/aromatic N) is 5. The van der Waals surface area contributed by atoms with Gasteiger partial charge in [0.25, 0.3) is 0 Å². The molecular formula is C23H19F6N5O. The van der Waals surface area contributed by atoms with Crippen molar-refractivity contribution in [3.8, 4) is 0 Å². The summed E-state index contributed by atoms with van der Waals surface area (Å²) in [4.78, 5) is 7.27. The number of alkyl halides is 6. The van der Waals surface area contributed by atoms with Gasteiger partial charge in [-0.2, -0.15) is 36.6 Å². The first-order chi connectivity index (χ1) is 16.3. The summed E-state index contributed by atoms with van der Waals surface area (Å²) in [6.07, 6.45) is -8.35. The van der Waals surface area contributed by atoms with Crippen LogP contribution in [-0.4, -0.2) is 16.0 Å². The van der Waals surface area contributed by atoms with E-state index in [1.54, 1.807) is 13.8 Å². The summed E-state index contributed by atoms with van der Waals surface area (Å²) in [5.74, 6) is 0. The predicted octanol–water partition coefficient (Wildman–Crippen LogP) is 7.27. The first-order valence-electron chi connectivity index (χ1n) is 10.4. The second-order valence-corrected chi connectivity index (χ2v) is 7.87. The molecule has 0 aliphatic carbocycles. The van der Waals surface area contributed by atoms with Crippen molar-refractivity contribution >= 4 is 17.1 Å². The van der Waals surface area contributed by atoms with Crippen molar-refractivity contribution in [2.24, 2.45) is 10.2 Å². The molecule has 4 rings (SSSR count). The first-order valence-corrected chi connectivity index (χ1v) is 10.4. The SMILES string of the molecule is Cc1nn(N2OC(C)C=C2c2ccccc2)c(C)c1N=Nc1cc(C(F)(F)F)cc(C(F)(F)F)c1. The van der Waals surface area contributed by atoms with E-state index in [-0.39, 0.29) is 17.9 Å². The third kappa shape index (κ3) is 5.06. The van der Waals surface area contributed by atoms with Crippen LogP contribution in [0.25, 0.3) is 5.70 Å². The third-order valence-electron chi connectivity index (χ3n) is 5.17. The Balaban J connectivity index is 1.71. The van der Waals surface area contributed by atoms with E-state index in [1.807, 2.05) is 43.3 Å². The Morgan fingerprint density at radius 1 is 0.886 bits per heavy atom. The molecule has 1 aromatic heterocycles. The van der Waals surface area contributed by atoms with Gasteiger partial charge in [-0.1, -0.05) is 30.3 Å². The lowest BCUT2D eigenvalue weighted by Crippen LogP contribution is -2.32. The number of benzene rings is 2. The molecule has 2 aromatic carbocycles. The molecule has 12 heteroatoms.